The van der Waals surface area contributed by atoms with E-state index in [2.05, 4.69) is 13.2 Å². The van der Waals surface area contributed by atoms with Crippen molar-refractivity contribution in [3.63, 3.8) is 0 Å². The Balaban J connectivity index is 1.96. The Labute approximate surface area is 61.2 Å². The van der Waals surface area contributed by atoms with Crippen LogP contribution in [0.2, 0.25) is 0 Å². The number of rotatable bonds is 4. The Kier molecular flexibility index (Phi) is 2.86. The molecule has 1 nitrogen and oxygen atoms in total. The molecule has 1 saturated heterocycles. The molecule has 0 amide bonds. The van der Waals surface area contributed by atoms with Crippen molar-refractivity contribution in [1.82, 2.24) is 0 Å². The number of thioether (sulfide) groups is 1. The fourth-order valence-electron chi connectivity index (χ4n) is 1.03. The topological polar surface area (TPSA) is 12.5 Å². The van der Waals surface area contributed by atoms with E-state index in [4.69, 9.17) is 4.74 Å². The molecule has 0 saturated carbocycles. The number of epoxide rings is 1. The molecular weight excluding hydrogens is 132 g/mol. The molecular formula is C7H14OS. The smallest absolute Gasteiger partial charge is 0.0931 e. The van der Waals surface area contributed by atoms with Crippen molar-refractivity contribution in [1.29, 1.82) is 0 Å². The molecule has 0 aromatic rings. The summed E-state index contributed by atoms with van der Waals surface area (Å²) in [6, 6.07) is 0. The van der Waals surface area contributed by atoms with Crippen LogP contribution in [0.3, 0.4) is 0 Å². The summed E-state index contributed by atoms with van der Waals surface area (Å²) in [7, 11) is 0. The maximum Gasteiger partial charge on any atom is 0.0931 e. The van der Waals surface area contributed by atoms with Crippen LogP contribution in [0.4, 0.5) is 0 Å². The second-order valence-electron chi connectivity index (χ2n) is 2.46. The first kappa shape index (κ1) is 7.42. The highest BCUT2D eigenvalue weighted by molar-refractivity contribution is 7.98. The van der Waals surface area contributed by atoms with Gasteiger partial charge in [-0.1, -0.05) is 13.3 Å². The van der Waals surface area contributed by atoms with Crippen LogP contribution in [0, 0.1) is 0 Å². The Bertz CT molecular complexity index is 75.0. The van der Waals surface area contributed by atoms with E-state index in [1.165, 1.54) is 18.6 Å². The minimum Gasteiger partial charge on any atom is -0.369 e. The third kappa shape index (κ3) is 2.18. The second kappa shape index (κ2) is 3.47. The minimum atomic E-state index is 0.597. The lowest BCUT2D eigenvalue weighted by atomic mass is 10.2. The molecule has 2 unspecified atom stereocenters. The van der Waals surface area contributed by atoms with E-state index < -0.39 is 0 Å². The van der Waals surface area contributed by atoms with Gasteiger partial charge in [-0.3, -0.25) is 0 Å². The summed E-state index contributed by atoms with van der Waals surface area (Å²) in [6.07, 6.45) is 5.85. The molecule has 2 atom stereocenters. The summed E-state index contributed by atoms with van der Waals surface area (Å²) in [4.78, 5) is 0. The highest BCUT2D eigenvalue weighted by Crippen LogP contribution is 2.28. The maximum absolute atomic E-state index is 5.38. The van der Waals surface area contributed by atoms with Crippen molar-refractivity contribution < 1.29 is 4.74 Å². The maximum atomic E-state index is 5.38. The summed E-state index contributed by atoms with van der Waals surface area (Å²) in [6.45, 7) is 2.21. The van der Waals surface area contributed by atoms with E-state index in [0.29, 0.717) is 12.2 Å². The molecule has 0 aromatic heterocycles. The molecule has 1 aliphatic heterocycles. The fraction of sp³-hybridized carbons (Fsp3) is 1.00. The Hall–Kier alpha value is 0.310. The van der Waals surface area contributed by atoms with E-state index in [1.807, 2.05) is 11.8 Å². The highest BCUT2D eigenvalue weighted by Gasteiger charge is 2.36. The van der Waals surface area contributed by atoms with Gasteiger partial charge in [0.05, 0.1) is 12.2 Å². The lowest BCUT2D eigenvalue weighted by molar-refractivity contribution is 0.371. The van der Waals surface area contributed by atoms with E-state index in [-0.39, 0.29) is 0 Å². The first-order valence-corrected chi connectivity index (χ1v) is 4.92. The van der Waals surface area contributed by atoms with E-state index in [9.17, 15) is 0 Å². The third-order valence-electron chi connectivity index (χ3n) is 1.59. The van der Waals surface area contributed by atoms with Crippen LogP contribution in [0.5, 0.6) is 0 Å². The van der Waals surface area contributed by atoms with Crippen LogP contribution in [0.25, 0.3) is 0 Å². The first-order valence-electron chi connectivity index (χ1n) is 3.53. The Morgan fingerprint density at radius 2 is 2.22 bits per heavy atom. The molecule has 1 heterocycles. The van der Waals surface area contributed by atoms with Gasteiger partial charge in [0, 0.05) is 5.75 Å². The SMILES string of the molecule is CCCC1OC1CSC. The first-order chi connectivity index (χ1) is 4.38. The number of hydrogen-bond donors (Lipinski definition) is 0. The Morgan fingerprint density at radius 1 is 1.44 bits per heavy atom. The lowest BCUT2D eigenvalue weighted by Gasteiger charge is -1.87. The summed E-state index contributed by atoms with van der Waals surface area (Å²) in [5, 5.41) is 0. The van der Waals surface area contributed by atoms with Crippen molar-refractivity contribution in [2.45, 2.75) is 32.0 Å². The molecule has 0 aliphatic carbocycles. The van der Waals surface area contributed by atoms with Gasteiger partial charge in [0.25, 0.3) is 0 Å². The molecule has 1 fully saturated rings. The zero-order chi connectivity index (χ0) is 6.69. The quantitative estimate of drug-likeness (QED) is 0.562. The summed E-state index contributed by atoms with van der Waals surface area (Å²) < 4.78 is 5.38. The van der Waals surface area contributed by atoms with Gasteiger partial charge in [0.2, 0.25) is 0 Å². The zero-order valence-corrected chi connectivity index (χ0v) is 6.91. The lowest BCUT2D eigenvalue weighted by Crippen LogP contribution is -1.95. The zero-order valence-electron chi connectivity index (χ0n) is 6.09. The van der Waals surface area contributed by atoms with Crippen molar-refractivity contribution in [3.05, 3.63) is 0 Å². The molecule has 0 bridgehead atoms. The molecule has 0 radical (unpaired) electrons. The number of hydrogen-bond acceptors (Lipinski definition) is 2. The van der Waals surface area contributed by atoms with Crippen molar-refractivity contribution in [3.8, 4) is 0 Å². The normalized spacial score (nSPS) is 32.7. The summed E-state index contributed by atoms with van der Waals surface area (Å²) in [5.41, 5.74) is 0. The summed E-state index contributed by atoms with van der Waals surface area (Å²) in [5.74, 6) is 1.19. The van der Waals surface area contributed by atoms with Crippen LogP contribution >= 0.6 is 11.8 Å². The third-order valence-corrected chi connectivity index (χ3v) is 2.25. The molecule has 1 aliphatic rings. The van der Waals surface area contributed by atoms with E-state index >= 15 is 0 Å². The monoisotopic (exact) mass is 146 g/mol. The molecule has 0 spiro atoms. The van der Waals surface area contributed by atoms with Crippen LogP contribution in [-0.4, -0.2) is 24.2 Å². The molecule has 2 heteroatoms. The standard InChI is InChI=1S/C7H14OS/c1-3-4-6-7(8-6)5-9-2/h6-7H,3-5H2,1-2H3. The minimum absolute atomic E-state index is 0.597. The molecule has 0 aromatic carbocycles. The molecule has 1 rings (SSSR count). The van der Waals surface area contributed by atoms with E-state index in [1.54, 1.807) is 0 Å². The van der Waals surface area contributed by atoms with Crippen LogP contribution in [0.15, 0.2) is 0 Å². The largest absolute Gasteiger partial charge is 0.369 e. The molecule has 9 heavy (non-hydrogen) atoms. The molecule has 54 valence electrons. The van der Waals surface area contributed by atoms with Crippen molar-refractivity contribution in [2.24, 2.45) is 0 Å². The van der Waals surface area contributed by atoms with Crippen molar-refractivity contribution in [2.75, 3.05) is 12.0 Å². The van der Waals surface area contributed by atoms with Gasteiger partial charge in [-0.05, 0) is 12.7 Å². The average Bonchev–Trinajstić information content (AvgIpc) is 2.50. The van der Waals surface area contributed by atoms with E-state index in [0.717, 1.165) is 0 Å². The van der Waals surface area contributed by atoms with Gasteiger partial charge in [-0.2, -0.15) is 11.8 Å². The average molecular weight is 146 g/mol. The van der Waals surface area contributed by atoms with Crippen LogP contribution in [-0.2, 0) is 4.74 Å². The second-order valence-corrected chi connectivity index (χ2v) is 3.37. The van der Waals surface area contributed by atoms with Gasteiger partial charge in [-0.25, -0.2) is 0 Å². The van der Waals surface area contributed by atoms with Crippen LogP contribution < -0.4 is 0 Å². The molecule has 0 N–H and O–H groups in total. The van der Waals surface area contributed by atoms with Crippen LogP contribution in [0.1, 0.15) is 19.8 Å². The fourth-order valence-corrected chi connectivity index (χ4v) is 1.65. The predicted molar refractivity (Wildman–Crippen MR) is 42.0 cm³/mol. The van der Waals surface area contributed by atoms with Gasteiger partial charge >= 0.3 is 0 Å². The summed E-state index contributed by atoms with van der Waals surface area (Å²) >= 11 is 1.88. The van der Waals surface area contributed by atoms with Gasteiger partial charge < -0.3 is 4.74 Å². The van der Waals surface area contributed by atoms with Gasteiger partial charge in [0.15, 0.2) is 0 Å². The highest BCUT2D eigenvalue weighted by atomic mass is 32.2. The van der Waals surface area contributed by atoms with Gasteiger partial charge in [-0.15, -0.1) is 0 Å². The van der Waals surface area contributed by atoms with Crippen molar-refractivity contribution >= 4 is 11.8 Å². The Morgan fingerprint density at radius 3 is 2.78 bits per heavy atom. The number of ether oxygens (including phenoxy) is 1. The predicted octanol–water partition coefficient (Wildman–Crippen LogP) is 1.92. The van der Waals surface area contributed by atoms with Gasteiger partial charge in [0.1, 0.15) is 0 Å².